The van der Waals surface area contributed by atoms with Gasteiger partial charge in [0, 0.05) is 7.05 Å². The zero-order valence-corrected chi connectivity index (χ0v) is 11.0. The van der Waals surface area contributed by atoms with Gasteiger partial charge in [-0.3, -0.25) is 4.79 Å². The van der Waals surface area contributed by atoms with Crippen molar-refractivity contribution in [3.8, 4) is 0 Å². The first-order valence-corrected chi connectivity index (χ1v) is 5.90. The molecule has 1 atom stereocenters. The molecule has 1 amide bonds. The molecule has 0 fully saturated rings. The smallest absolute Gasteiger partial charge is 0.254 e. The predicted octanol–water partition coefficient (Wildman–Crippen LogP) is 1.75. The fraction of sp³-hybridized carbons (Fsp3) is 0.308. The molecule has 0 radical (unpaired) electrons. The average Bonchev–Trinajstić information content (AvgIpc) is 2.78. The molecule has 1 heterocycles. The lowest BCUT2D eigenvalue weighted by Crippen LogP contribution is -2.29. The molecule has 0 bridgehead atoms. The highest BCUT2D eigenvalue weighted by Gasteiger charge is 2.17. The van der Waals surface area contributed by atoms with Gasteiger partial charge in [0.1, 0.15) is 12.1 Å². The fourth-order valence-corrected chi connectivity index (χ4v) is 1.84. The summed E-state index contributed by atoms with van der Waals surface area (Å²) in [6, 6.07) is 4.09. The van der Waals surface area contributed by atoms with Gasteiger partial charge in [-0.05, 0) is 26.0 Å². The molecule has 1 N–H and O–H groups in total. The van der Waals surface area contributed by atoms with E-state index in [1.807, 2.05) is 6.92 Å². The van der Waals surface area contributed by atoms with E-state index in [9.17, 15) is 9.18 Å². The third kappa shape index (κ3) is 2.78. The zero-order chi connectivity index (χ0) is 14.0. The molecule has 0 saturated heterocycles. The Morgan fingerprint density at radius 3 is 2.84 bits per heavy atom. The van der Waals surface area contributed by atoms with Gasteiger partial charge in [0.25, 0.3) is 5.91 Å². The van der Waals surface area contributed by atoms with Crippen molar-refractivity contribution in [1.82, 2.24) is 20.1 Å². The number of hydrogen-bond acceptors (Lipinski definition) is 3. The van der Waals surface area contributed by atoms with Crippen molar-refractivity contribution in [2.45, 2.75) is 19.9 Å². The van der Waals surface area contributed by atoms with E-state index in [0.29, 0.717) is 5.82 Å². The van der Waals surface area contributed by atoms with Gasteiger partial charge in [0.2, 0.25) is 0 Å². The average molecular weight is 262 g/mol. The molecule has 1 unspecified atom stereocenters. The molecule has 0 spiro atoms. The summed E-state index contributed by atoms with van der Waals surface area (Å²) in [4.78, 5) is 12.0. The number of benzene rings is 1. The molecule has 0 aliphatic heterocycles. The minimum atomic E-state index is -0.534. The molecule has 0 aliphatic rings. The molecule has 6 heteroatoms. The Morgan fingerprint density at radius 1 is 1.47 bits per heavy atom. The summed E-state index contributed by atoms with van der Waals surface area (Å²) in [6.07, 6.45) is 1.55. The first-order valence-electron chi connectivity index (χ1n) is 5.90. The van der Waals surface area contributed by atoms with Crippen LogP contribution in [-0.4, -0.2) is 20.7 Å². The third-order valence-corrected chi connectivity index (χ3v) is 2.85. The van der Waals surface area contributed by atoms with Crippen LogP contribution in [-0.2, 0) is 7.05 Å². The van der Waals surface area contributed by atoms with Crippen molar-refractivity contribution >= 4 is 5.91 Å². The SMILES string of the molecule is Cc1ccc(F)c(C(=O)NC(C)c2nncn2C)c1. The molecule has 0 aliphatic carbocycles. The zero-order valence-electron chi connectivity index (χ0n) is 11.0. The quantitative estimate of drug-likeness (QED) is 0.916. The molecule has 1 aromatic heterocycles. The van der Waals surface area contributed by atoms with Crippen LogP contribution in [0.3, 0.4) is 0 Å². The minimum absolute atomic E-state index is 0.0361. The Labute approximate surface area is 110 Å². The summed E-state index contributed by atoms with van der Waals surface area (Å²) >= 11 is 0. The lowest BCUT2D eigenvalue weighted by atomic mass is 10.1. The molecule has 2 aromatic rings. The van der Waals surface area contributed by atoms with Crippen LogP contribution in [0.15, 0.2) is 24.5 Å². The lowest BCUT2D eigenvalue weighted by molar-refractivity contribution is 0.0933. The van der Waals surface area contributed by atoms with E-state index in [4.69, 9.17) is 0 Å². The number of hydrogen-bond donors (Lipinski definition) is 1. The van der Waals surface area contributed by atoms with Gasteiger partial charge in [-0.15, -0.1) is 10.2 Å². The van der Waals surface area contributed by atoms with Gasteiger partial charge in [0.05, 0.1) is 11.6 Å². The first kappa shape index (κ1) is 13.2. The summed E-state index contributed by atoms with van der Waals surface area (Å²) in [5.74, 6) is -0.383. The second-order valence-electron chi connectivity index (χ2n) is 4.48. The van der Waals surface area contributed by atoms with Crippen molar-refractivity contribution in [2.24, 2.45) is 7.05 Å². The Kier molecular flexibility index (Phi) is 3.59. The summed E-state index contributed by atoms with van der Waals surface area (Å²) in [5, 5.41) is 10.4. The van der Waals surface area contributed by atoms with E-state index in [1.54, 1.807) is 30.9 Å². The van der Waals surface area contributed by atoms with Crippen molar-refractivity contribution in [3.63, 3.8) is 0 Å². The van der Waals surface area contributed by atoms with Crippen molar-refractivity contribution in [3.05, 3.63) is 47.3 Å². The van der Waals surface area contributed by atoms with E-state index in [1.165, 1.54) is 12.1 Å². The topological polar surface area (TPSA) is 59.8 Å². The highest BCUT2D eigenvalue weighted by atomic mass is 19.1. The van der Waals surface area contributed by atoms with E-state index in [-0.39, 0.29) is 11.6 Å². The second-order valence-corrected chi connectivity index (χ2v) is 4.48. The summed E-state index contributed by atoms with van der Waals surface area (Å²) < 4.78 is 15.3. The number of aryl methyl sites for hydroxylation is 2. The Morgan fingerprint density at radius 2 is 2.21 bits per heavy atom. The highest BCUT2D eigenvalue weighted by molar-refractivity contribution is 5.94. The Bertz CT molecular complexity index is 608. The molecule has 5 nitrogen and oxygen atoms in total. The minimum Gasteiger partial charge on any atom is -0.342 e. The van der Waals surface area contributed by atoms with E-state index < -0.39 is 11.7 Å². The largest absolute Gasteiger partial charge is 0.342 e. The molecule has 100 valence electrons. The summed E-state index contributed by atoms with van der Waals surface area (Å²) in [5.41, 5.74) is 0.867. The number of halogens is 1. The molecule has 1 aromatic carbocycles. The number of carbonyl (C=O) groups is 1. The van der Waals surface area contributed by atoms with Crippen molar-refractivity contribution < 1.29 is 9.18 Å². The number of amides is 1. The van der Waals surface area contributed by atoms with Crippen LogP contribution in [0.2, 0.25) is 0 Å². The summed E-state index contributed by atoms with van der Waals surface area (Å²) in [7, 11) is 1.78. The van der Waals surface area contributed by atoms with Crippen LogP contribution >= 0.6 is 0 Å². The molecule has 0 saturated carbocycles. The van der Waals surface area contributed by atoms with Gasteiger partial charge in [-0.1, -0.05) is 11.6 Å². The first-order chi connectivity index (χ1) is 8.99. The maximum atomic E-state index is 13.6. The van der Waals surface area contributed by atoms with Crippen LogP contribution in [0.5, 0.6) is 0 Å². The van der Waals surface area contributed by atoms with Crippen molar-refractivity contribution in [2.75, 3.05) is 0 Å². The number of nitrogens with one attached hydrogen (secondary N) is 1. The van der Waals surface area contributed by atoms with Gasteiger partial charge in [0.15, 0.2) is 5.82 Å². The molecule has 19 heavy (non-hydrogen) atoms. The molecular formula is C13H15FN4O. The van der Waals surface area contributed by atoms with Crippen molar-refractivity contribution in [1.29, 1.82) is 0 Å². The molecular weight excluding hydrogens is 247 g/mol. The number of nitrogens with zero attached hydrogens (tertiary/aromatic N) is 3. The van der Waals surface area contributed by atoms with Crippen LogP contribution < -0.4 is 5.32 Å². The Hall–Kier alpha value is -2.24. The van der Waals surface area contributed by atoms with Crippen LogP contribution in [0.25, 0.3) is 0 Å². The monoisotopic (exact) mass is 262 g/mol. The normalized spacial score (nSPS) is 12.2. The van der Waals surface area contributed by atoms with Gasteiger partial charge < -0.3 is 9.88 Å². The maximum Gasteiger partial charge on any atom is 0.254 e. The summed E-state index contributed by atoms with van der Waals surface area (Å²) in [6.45, 7) is 3.58. The molecule has 2 rings (SSSR count). The third-order valence-electron chi connectivity index (χ3n) is 2.85. The number of rotatable bonds is 3. The maximum absolute atomic E-state index is 13.6. The lowest BCUT2D eigenvalue weighted by Gasteiger charge is -2.13. The number of aromatic nitrogens is 3. The van der Waals surface area contributed by atoms with Gasteiger partial charge in [-0.2, -0.15) is 0 Å². The van der Waals surface area contributed by atoms with E-state index >= 15 is 0 Å². The van der Waals surface area contributed by atoms with Gasteiger partial charge >= 0.3 is 0 Å². The van der Waals surface area contributed by atoms with Gasteiger partial charge in [-0.25, -0.2) is 4.39 Å². The number of carbonyl (C=O) groups excluding carboxylic acids is 1. The fourth-order valence-electron chi connectivity index (χ4n) is 1.84. The standard InChI is InChI=1S/C13H15FN4O/c1-8-4-5-11(14)10(6-8)13(19)16-9(2)12-17-15-7-18(12)3/h4-7,9H,1-3H3,(H,16,19). The van der Waals surface area contributed by atoms with Crippen LogP contribution in [0.1, 0.15) is 34.7 Å². The van der Waals surface area contributed by atoms with E-state index in [2.05, 4.69) is 15.5 Å². The van der Waals surface area contributed by atoms with Crippen LogP contribution in [0.4, 0.5) is 4.39 Å². The predicted molar refractivity (Wildman–Crippen MR) is 68.0 cm³/mol. The second kappa shape index (κ2) is 5.17. The Balaban J connectivity index is 2.17. The van der Waals surface area contributed by atoms with Crippen LogP contribution in [0, 0.1) is 12.7 Å². The highest BCUT2D eigenvalue weighted by Crippen LogP contribution is 2.13. The van der Waals surface area contributed by atoms with E-state index in [0.717, 1.165) is 5.56 Å².